The van der Waals surface area contributed by atoms with Crippen LogP contribution in [0.4, 0.5) is 15.8 Å². The summed E-state index contributed by atoms with van der Waals surface area (Å²) in [6.07, 6.45) is 0. The Kier molecular flexibility index (Phi) is 6.35. The van der Waals surface area contributed by atoms with E-state index in [0.717, 1.165) is 11.3 Å². The van der Waals surface area contributed by atoms with Gasteiger partial charge < -0.3 is 10.2 Å². The maximum atomic E-state index is 13.0. The van der Waals surface area contributed by atoms with Crippen molar-refractivity contribution in [3.8, 4) is 0 Å². The topological polar surface area (TPSA) is 95.8 Å². The highest BCUT2D eigenvalue weighted by Gasteiger charge is 2.27. The Morgan fingerprint density at radius 3 is 2.47 bits per heavy atom. The van der Waals surface area contributed by atoms with Crippen LogP contribution < -0.4 is 5.32 Å². The van der Waals surface area contributed by atoms with Gasteiger partial charge in [-0.3, -0.25) is 24.6 Å². The highest BCUT2D eigenvalue weighted by Crippen LogP contribution is 2.38. The number of carbonyl (C=O) groups excluding carboxylic acids is 2. The summed E-state index contributed by atoms with van der Waals surface area (Å²) in [6, 6.07) is 9.88. The van der Waals surface area contributed by atoms with Crippen LogP contribution in [0.25, 0.3) is 10.1 Å². The molecule has 2 amide bonds. The summed E-state index contributed by atoms with van der Waals surface area (Å²) in [5, 5.41) is 14.6. The number of nitro benzene ring substituents is 1. The molecule has 0 aliphatic carbocycles. The van der Waals surface area contributed by atoms with Crippen LogP contribution in [0.3, 0.4) is 0 Å². The van der Waals surface area contributed by atoms with E-state index in [-0.39, 0.29) is 29.9 Å². The van der Waals surface area contributed by atoms with Crippen molar-refractivity contribution in [1.82, 2.24) is 9.80 Å². The first kappa shape index (κ1) is 22.1. The number of hydrogen-bond donors (Lipinski definition) is 1. The van der Waals surface area contributed by atoms with Gasteiger partial charge in [-0.2, -0.15) is 0 Å². The second kappa shape index (κ2) is 9.19. The minimum atomic E-state index is -0.486. The van der Waals surface area contributed by atoms with E-state index < -0.39 is 4.92 Å². The highest BCUT2D eigenvalue weighted by atomic mass is 35.5. The Balaban J connectivity index is 1.36. The van der Waals surface area contributed by atoms with Crippen molar-refractivity contribution >= 4 is 56.2 Å². The standard InChI is InChI=1S/C21H18ClFN4O4S/c22-19-16-6-5-15(27(30)31)11-17(16)32-20(19)21(29)26-9-7-25(8-10-26)12-18(28)24-14-3-1-13(23)2-4-14/h1-6,11H,7-10,12H2,(H,24,28). The van der Waals surface area contributed by atoms with Crippen molar-refractivity contribution < 1.29 is 18.9 Å². The van der Waals surface area contributed by atoms with Crippen molar-refractivity contribution in [3.05, 3.63) is 68.3 Å². The molecule has 4 rings (SSSR count). The summed E-state index contributed by atoms with van der Waals surface area (Å²) in [4.78, 5) is 39.7. The lowest BCUT2D eigenvalue weighted by atomic mass is 10.2. The maximum Gasteiger partial charge on any atom is 0.270 e. The first-order chi connectivity index (χ1) is 15.3. The van der Waals surface area contributed by atoms with E-state index >= 15 is 0 Å². The predicted molar refractivity (Wildman–Crippen MR) is 121 cm³/mol. The van der Waals surface area contributed by atoms with E-state index in [2.05, 4.69) is 5.32 Å². The van der Waals surface area contributed by atoms with E-state index in [1.54, 1.807) is 11.0 Å². The molecular weight excluding hydrogens is 459 g/mol. The van der Waals surface area contributed by atoms with Crippen LogP contribution in [0.15, 0.2) is 42.5 Å². The van der Waals surface area contributed by atoms with Crippen LogP contribution in [0, 0.1) is 15.9 Å². The molecule has 0 bridgehead atoms. The average molecular weight is 477 g/mol. The van der Waals surface area contributed by atoms with Gasteiger partial charge in [-0.15, -0.1) is 11.3 Å². The number of benzene rings is 2. The molecule has 2 heterocycles. The normalized spacial score (nSPS) is 14.5. The number of nitrogens with zero attached hydrogens (tertiary/aromatic N) is 3. The van der Waals surface area contributed by atoms with E-state index in [1.807, 2.05) is 4.90 Å². The second-order valence-electron chi connectivity index (χ2n) is 7.31. The summed E-state index contributed by atoms with van der Waals surface area (Å²) in [5.41, 5.74) is 0.465. The van der Waals surface area contributed by atoms with Crippen LogP contribution >= 0.6 is 22.9 Å². The molecule has 3 aromatic rings. The lowest BCUT2D eigenvalue weighted by Crippen LogP contribution is -2.50. The molecule has 32 heavy (non-hydrogen) atoms. The number of nitrogens with one attached hydrogen (secondary N) is 1. The third kappa shape index (κ3) is 4.72. The summed E-state index contributed by atoms with van der Waals surface area (Å²) >= 11 is 7.53. The van der Waals surface area contributed by atoms with E-state index in [4.69, 9.17) is 11.6 Å². The second-order valence-corrected chi connectivity index (χ2v) is 8.74. The molecule has 1 fully saturated rings. The van der Waals surface area contributed by atoms with Gasteiger partial charge in [0, 0.05) is 54.1 Å². The fourth-order valence-corrected chi connectivity index (χ4v) is 5.01. The fraction of sp³-hybridized carbons (Fsp3) is 0.238. The van der Waals surface area contributed by atoms with Crippen LogP contribution in [-0.4, -0.2) is 59.3 Å². The summed E-state index contributed by atoms with van der Waals surface area (Å²) < 4.78 is 13.6. The van der Waals surface area contributed by atoms with Gasteiger partial charge in [0.2, 0.25) is 5.91 Å². The Morgan fingerprint density at radius 1 is 1.12 bits per heavy atom. The van der Waals surface area contributed by atoms with Gasteiger partial charge in [0.05, 0.1) is 16.5 Å². The van der Waals surface area contributed by atoms with Crippen molar-refractivity contribution in [1.29, 1.82) is 0 Å². The van der Waals surface area contributed by atoms with Gasteiger partial charge in [-0.1, -0.05) is 11.6 Å². The Morgan fingerprint density at radius 2 is 1.81 bits per heavy atom. The molecule has 0 atom stereocenters. The number of nitro groups is 1. The SMILES string of the molecule is O=C(CN1CCN(C(=O)c2sc3cc([N+](=O)[O-])ccc3c2Cl)CC1)Nc1ccc(F)cc1. The molecule has 1 saturated heterocycles. The monoisotopic (exact) mass is 476 g/mol. The van der Waals surface area contributed by atoms with Gasteiger partial charge in [0.25, 0.3) is 11.6 Å². The number of thiophene rings is 1. The maximum absolute atomic E-state index is 13.0. The third-order valence-corrected chi connectivity index (χ3v) is 6.82. The molecule has 1 aliphatic rings. The number of fused-ring (bicyclic) bond motifs is 1. The van der Waals surface area contributed by atoms with Crippen molar-refractivity contribution in [2.45, 2.75) is 0 Å². The van der Waals surface area contributed by atoms with E-state index in [0.29, 0.717) is 51.9 Å². The smallest absolute Gasteiger partial charge is 0.270 e. The molecule has 1 aliphatic heterocycles. The number of amides is 2. The van der Waals surface area contributed by atoms with E-state index in [9.17, 15) is 24.1 Å². The number of carbonyl (C=O) groups is 2. The molecular formula is C21H18ClFN4O4S. The number of anilines is 1. The zero-order chi connectivity index (χ0) is 22.8. The quantitative estimate of drug-likeness (QED) is 0.443. The third-order valence-electron chi connectivity index (χ3n) is 5.17. The Hall–Kier alpha value is -3.08. The van der Waals surface area contributed by atoms with Crippen LogP contribution in [0.2, 0.25) is 5.02 Å². The molecule has 2 aromatic carbocycles. The molecule has 0 radical (unpaired) electrons. The zero-order valence-corrected chi connectivity index (χ0v) is 18.3. The molecule has 0 saturated carbocycles. The van der Waals surface area contributed by atoms with Crippen molar-refractivity contribution in [2.24, 2.45) is 0 Å². The van der Waals surface area contributed by atoms with Crippen molar-refractivity contribution in [2.75, 3.05) is 38.0 Å². The molecule has 8 nitrogen and oxygen atoms in total. The van der Waals surface area contributed by atoms with Gasteiger partial charge >= 0.3 is 0 Å². The molecule has 0 spiro atoms. The van der Waals surface area contributed by atoms with Gasteiger partial charge in [-0.25, -0.2) is 4.39 Å². The first-order valence-corrected chi connectivity index (χ1v) is 10.9. The average Bonchev–Trinajstić information content (AvgIpc) is 3.11. The first-order valence-electron chi connectivity index (χ1n) is 9.75. The van der Waals surface area contributed by atoms with Crippen LogP contribution in [-0.2, 0) is 4.79 Å². The van der Waals surface area contributed by atoms with E-state index in [1.165, 1.54) is 36.4 Å². The minimum absolute atomic E-state index is 0.0538. The Bertz CT molecular complexity index is 1190. The predicted octanol–water partition coefficient (Wildman–Crippen LogP) is 4.00. The highest BCUT2D eigenvalue weighted by molar-refractivity contribution is 7.21. The van der Waals surface area contributed by atoms with Crippen molar-refractivity contribution in [3.63, 3.8) is 0 Å². The zero-order valence-electron chi connectivity index (χ0n) is 16.7. The molecule has 0 unspecified atom stereocenters. The fourth-order valence-electron chi connectivity index (χ4n) is 3.49. The summed E-state index contributed by atoms with van der Waals surface area (Å²) in [5.74, 6) is -0.819. The van der Waals surface area contributed by atoms with Gasteiger partial charge in [-0.05, 0) is 30.3 Å². The number of rotatable bonds is 5. The minimum Gasteiger partial charge on any atom is -0.335 e. The lowest BCUT2D eigenvalue weighted by Gasteiger charge is -2.34. The Labute approximate surface area is 191 Å². The molecule has 1 N–H and O–H groups in total. The molecule has 1 aromatic heterocycles. The van der Waals surface area contributed by atoms with Crippen LogP contribution in [0.1, 0.15) is 9.67 Å². The number of non-ortho nitro benzene ring substituents is 1. The lowest BCUT2D eigenvalue weighted by molar-refractivity contribution is -0.384. The number of halogens is 2. The number of piperazine rings is 1. The summed E-state index contributed by atoms with van der Waals surface area (Å²) in [6.45, 7) is 2.03. The number of hydrogen-bond acceptors (Lipinski definition) is 6. The molecule has 11 heteroatoms. The largest absolute Gasteiger partial charge is 0.335 e. The van der Waals surface area contributed by atoms with Gasteiger partial charge in [0.15, 0.2) is 0 Å². The summed E-state index contributed by atoms with van der Waals surface area (Å²) in [7, 11) is 0. The molecule has 166 valence electrons. The van der Waals surface area contributed by atoms with Gasteiger partial charge in [0.1, 0.15) is 10.7 Å². The van der Waals surface area contributed by atoms with Crippen LogP contribution in [0.5, 0.6) is 0 Å².